The van der Waals surface area contributed by atoms with Gasteiger partial charge in [0.2, 0.25) is 5.95 Å². The van der Waals surface area contributed by atoms with Crippen LogP contribution in [0.15, 0.2) is 48.7 Å². The van der Waals surface area contributed by atoms with E-state index in [9.17, 15) is 8.42 Å². The summed E-state index contributed by atoms with van der Waals surface area (Å²) in [5, 5.41) is 3.33. The van der Waals surface area contributed by atoms with Crippen molar-refractivity contribution in [3.8, 4) is 0 Å². The standard InChI is InChI=1S/C22H26N4O3S/c1-16(14-29-30(3,27)28)24-21-25-18-10-4-5-11-19(18)26(21)15-22(2)12-6-8-17-9-7-13-23-20(17)22/h4-11,13,16H,12,14-15H2,1-3H3,(H,24,25). The van der Waals surface area contributed by atoms with Crippen molar-refractivity contribution >= 4 is 33.2 Å². The fourth-order valence-electron chi connectivity index (χ4n) is 3.92. The lowest BCUT2D eigenvalue weighted by molar-refractivity contribution is 0.308. The number of anilines is 1. The minimum Gasteiger partial charge on any atom is -0.351 e. The maximum atomic E-state index is 11.3. The summed E-state index contributed by atoms with van der Waals surface area (Å²) >= 11 is 0. The maximum absolute atomic E-state index is 11.3. The Hall–Kier alpha value is -2.71. The van der Waals surface area contributed by atoms with Gasteiger partial charge in [-0.05, 0) is 37.1 Å². The number of fused-ring (bicyclic) bond motifs is 2. The van der Waals surface area contributed by atoms with E-state index in [4.69, 9.17) is 9.17 Å². The first-order valence-corrected chi connectivity index (χ1v) is 11.8. The number of rotatable bonds is 7. The van der Waals surface area contributed by atoms with Gasteiger partial charge in [-0.1, -0.05) is 37.3 Å². The van der Waals surface area contributed by atoms with Gasteiger partial charge in [0.25, 0.3) is 10.1 Å². The highest BCUT2D eigenvalue weighted by Crippen LogP contribution is 2.37. The molecule has 8 heteroatoms. The Labute approximate surface area is 176 Å². The van der Waals surface area contributed by atoms with Crippen molar-refractivity contribution in [2.24, 2.45) is 0 Å². The average molecular weight is 427 g/mol. The zero-order valence-electron chi connectivity index (χ0n) is 17.4. The third-order valence-electron chi connectivity index (χ3n) is 5.35. The molecule has 1 aliphatic rings. The van der Waals surface area contributed by atoms with Crippen LogP contribution in [0.3, 0.4) is 0 Å². The maximum Gasteiger partial charge on any atom is 0.264 e. The molecule has 1 aliphatic carbocycles. The zero-order valence-corrected chi connectivity index (χ0v) is 18.2. The van der Waals surface area contributed by atoms with Crippen LogP contribution < -0.4 is 5.32 Å². The van der Waals surface area contributed by atoms with Gasteiger partial charge in [0.1, 0.15) is 0 Å². The predicted octanol–water partition coefficient (Wildman–Crippen LogP) is 3.58. The van der Waals surface area contributed by atoms with Crippen molar-refractivity contribution in [2.45, 2.75) is 38.3 Å². The van der Waals surface area contributed by atoms with Crippen LogP contribution in [0.2, 0.25) is 0 Å². The highest BCUT2D eigenvalue weighted by molar-refractivity contribution is 7.85. The fourth-order valence-corrected chi connectivity index (χ4v) is 4.37. The Morgan fingerprint density at radius 3 is 2.87 bits per heavy atom. The molecule has 3 aromatic rings. The highest BCUT2D eigenvalue weighted by atomic mass is 32.2. The number of para-hydroxylation sites is 2. The van der Waals surface area contributed by atoms with Gasteiger partial charge in [-0.25, -0.2) is 4.98 Å². The molecule has 4 rings (SSSR count). The molecule has 2 aromatic heterocycles. The molecule has 0 spiro atoms. The lowest BCUT2D eigenvalue weighted by Crippen LogP contribution is -2.33. The molecule has 2 atom stereocenters. The number of hydrogen-bond donors (Lipinski definition) is 1. The molecule has 1 N–H and O–H groups in total. The molecule has 158 valence electrons. The molecule has 0 saturated carbocycles. The number of nitrogens with one attached hydrogen (secondary N) is 1. The first-order valence-electron chi connectivity index (χ1n) is 9.93. The van der Waals surface area contributed by atoms with Gasteiger partial charge in [-0.2, -0.15) is 8.42 Å². The van der Waals surface area contributed by atoms with Gasteiger partial charge in [-0.15, -0.1) is 0 Å². The molecule has 2 heterocycles. The van der Waals surface area contributed by atoms with E-state index in [0.717, 1.165) is 35.0 Å². The summed E-state index contributed by atoms with van der Waals surface area (Å²) in [6.45, 7) is 4.81. The van der Waals surface area contributed by atoms with Gasteiger partial charge >= 0.3 is 0 Å². The SMILES string of the molecule is CC(COS(C)(=O)=O)Nc1nc2ccccc2n1CC1(C)CC=Cc2cccnc21. The normalized spacial score (nSPS) is 19.6. The largest absolute Gasteiger partial charge is 0.351 e. The fraction of sp³-hybridized carbons (Fsp3) is 0.364. The van der Waals surface area contributed by atoms with Crippen LogP contribution in [0.4, 0.5) is 5.95 Å². The minimum absolute atomic E-state index is 0.0342. The van der Waals surface area contributed by atoms with E-state index >= 15 is 0 Å². The van der Waals surface area contributed by atoms with Gasteiger partial charge in [-0.3, -0.25) is 9.17 Å². The molecule has 1 aromatic carbocycles. The highest BCUT2D eigenvalue weighted by Gasteiger charge is 2.33. The second-order valence-electron chi connectivity index (χ2n) is 8.15. The second kappa shape index (κ2) is 7.85. The molecule has 0 bridgehead atoms. The Morgan fingerprint density at radius 1 is 1.27 bits per heavy atom. The van der Waals surface area contributed by atoms with Crippen LogP contribution in [-0.4, -0.2) is 41.9 Å². The first kappa shape index (κ1) is 20.6. The molecule has 30 heavy (non-hydrogen) atoms. The van der Waals surface area contributed by atoms with E-state index in [1.807, 2.05) is 43.5 Å². The number of aromatic nitrogens is 3. The summed E-state index contributed by atoms with van der Waals surface area (Å²) in [7, 11) is -3.50. The minimum atomic E-state index is -3.50. The molecule has 7 nitrogen and oxygen atoms in total. The van der Waals surface area contributed by atoms with Crippen molar-refractivity contribution in [2.75, 3.05) is 18.2 Å². The van der Waals surface area contributed by atoms with Crippen LogP contribution in [0.5, 0.6) is 0 Å². The van der Waals surface area contributed by atoms with Crippen molar-refractivity contribution < 1.29 is 12.6 Å². The zero-order chi connectivity index (χ0) is 21.4. The monoisotopic (exact) mass is 426 g/mol. The number of benzene rings is 1. The Kier molecular flexibility index (Phi) is 5.38. The van der Waals surface area contributed by atoms with Crippen LogP contribution in [0.25, 0.3) is 17.1 Å². The van der Waals surface area contributed by atoms with Gasteiger partial charge in [0.15, 0.2) is 0 Å². The van der Waals surface area contributed by atoms with Gasteiger partial charge in [0, 0.05) is 18.2 Å². The molecule has 0 amide bonds. The van der Waals surface area contributed by atoms with Crippen molar-refractivity contribution in [3.05, 3.63) is 59.9 Å². The summed E-state index contributed by atoms with van der Waals surface area (Å²) in [5.41, 5.74) is 3.92. The third kappa shape index (κ3) is 4.24. The quantitative estimate of drug-likeness (QED) is 0.581. The third-order valence-corrected chi connectivity index (χ3v) is 5.91. The first-order chi connectivity index (χ1) is 14.3. The van der Waals surface area contributed by atoms with E-state index in [1.165, 1.54) is 0 Å². The molecular formula is C22H26N4O3S. The number of pyridine rings is 1. The van der Waals surface area contributed by atoms with Gasteiger partial charge < -0.3 is 9.88 Å². The molecule has 0 fully saturated rings. The topological polar surface area (TPSA) is 86.1 Å². The number of nitrogens with zero attached hydrogens (tertiary/aromatic N) is 3. The summed E-state index contributed by atoms with van der Waals surface area (Å²) in [4.78, 5) is 9.45. The molecule has 0 aliphatic heterocycles. The Balaban J connectivity index is 1.68. The van der Waals surface area contributed by atoms with Crippen LogP contribution in [0, 0.1) is 0 Å². The van der Waals surface area contributed by atoms with Crippen molar-refractivity contribution in [1.29, 1.82) is 0 Å². The molecule has 2 unspecified atom stereocenters. The van der Waals surface area contributed by atoms with Crippen LogP contribution in [-0.2, 0) is 26.3 Å². The molecule has 0 radical (unpaired) electrons. The smallest absolute Gasteiger partial charge is 0.264 e. The van der Waals surface area contributed by atoms with E-state index < -0.39 is 10.1 Å². The summed E-state index contributed by atoms with van der Waals surface area (Å²) in [6.07, 6.45) is 8.08. The number of hydrogen-bond acceptors (Lipinski definition) is 6. The number of imidazole rings is 1. The summed E-state index contributed by atoms with van der Waals surface area (Å²) in [6, 6.07) is 11.8. The Morgan fingerprint density at radius 2 is 2.07 bits per heavy atom. The van der Waals surface area contributed by atoms with Gasteiger partial charge in [0.05, 0.1) is 35.6 Å². The lowest BCUT2D eigenvalue weighted by Gasteiger charge is -2.33. The average Bonchev–Trinajstić information content (AvgIpc) is 3.03. The van der Waals surface area contributed by atoms with E-state index in [0.29, 0.717) is 12.5 Å². The van der Waals surface area contributed by atoms with Crippen LogP contribution >= 0.6 is 0 Å². The van der Waals surface area contributed by atoms with E-state index in [2.05, 4.69) is 40.0 Å². The Bertz CT molecular complexity index is 1200. The van der Waals surface area contributed by atoms with Crippen molar-refractivity contribution in [3.63, 3.8) is 0 Å². The van der Waals surface area contributed by atoms with E-state index in [-0.39, 0.29) is 18.1 Å². The summed E-state index contributed by atoms with van der Waals surface area (Å²) < 4.78 is 29.8. The predicted molar refractivity (Wildman–Crippen MR) is 119 cm³/mol. The number of allylic oxidation sites excluding steroid dienone is 1. The lowest BCUT2D eigenvalue weighted by atomic mass is 9.77. The van der Waals surface area contributed by atoms with Crippen LogP contribution in [0.1, 0.15) is 31.5 Å². The molecule has 0 saturated heterocycles. The van der Waals surface area contributed by atoms with Crippen molar-refractivity contribution in [1.82, 2.24) is 14.5 Å². The molecular weight excluding hydrogens is 400 g/mol. The summed E-state index contributed by atoms with van der Waals surface area (Å²) in [5.74, 6) is 0.689. The second-order valence-corrected chi connectivity index (χ2v) is 9.80. The van der Waals surface area contributed by atoms with E-state index in [1.54, 1.807) is 0 Å².